The molecule has 0 aromatic rings. The van der Waals surface area contributed by atoms with E-state index in [2.05, 4.69) is 25.4 Å². The van der Waals surface area contributed by atoms with Crippen molar-refractivity contribution in [3.8, 4) is 0 Å². The molecule has 0 atom stereocenters. The Morgan fingerprint density at radius 2 is 2.25 bits per heavy atom. The van der Waals surface area contributed by atoms with Crippen LogP contribution in [0.3, 0.4) is 0 Å². The molecule has 44 valence electrons. The molecule has 0 saturated heterocycles. The Balaban J connectivity index is 3.65. The van der Waals surface area contributed by atoms with Crippen LogP contribution in [-0.4, -0.2) is 5.05 Å². The second-order valence-corrected chi connectivity index (χ2v) is 1.72. The highest BCUT2D eigenvalue weighted by Crippen LogP contribution is 1.94. The molecule has 0 amide bonds. The normalized spacial score (nSPS) is 7.62. The van der Waals surface area contributed by atoms with Gasteiger partial charge in [0.2, 0.25) is 0 Å². The van der Waals surface area contributed by atoms with E-state index in [0.29, 0.717) is 5.05 Å². The van der Waals surface area contributed by atoms with E-state index >= 15 is 0 Å². The zero-order chi connectivity index (χ0) is 6.57. The van der Waals surface area contributed by atoms with Gasteiger partial charge in [0.05, 0.1) is 6.26 Å². The second-order valence-electron chi connectivity index (χ2n) is 1.35. The summed E-state index contributed by atoms with van der Waals surface area (Å²) in [5.41, 5.74) is 0.750. The molecule has 0 spiro atoms. The van der Waals surface area contributed by atoms with Crippen molar-refractivity contribution in [3.63, 3.8) is 0 Å². The van der Waals surface area contributed by atoms with E-state index in [4.69, 9.17) is 4.74 Å². The molecular formula is C6H8OS. The van der Waals surface area contributed by atoms with E-state index in [1.807, 2.05) is 0 Å². The molecule has 2 heteroatoms. The average molecular weight is 128 g/mol. The Bertz CT molecular complexity index is 126. The molecule has 8 heavy (non-hydrogen) atoms. The van der Waals surface area contributed by atoms with Gasteiger partial charge in [-0.2, -0.15) is 0 Å². The molecule has 0 rings (SSSR count). The van der Waals surface area contributed by atoms with Gasteiger partial charge in [-0.25, -0.2) is 0 Å². The van der Waals surface area contributed by atoms with E-state index in [9.17, 15) is 0 Å². The van der Waals surface area contributed by atoms with E-state index in [1.165, 1.54) is 6.26 Å². The summed E-state index contributed by atoms with van der Waals surface area (Å²) in [6, 6.07) is 0. The van der Waals surface area contributed by atoms with Gasteiger partial charge >= 0.3 is 0 Å². The van der Waals surface area contributed by atoms with Crippen LogP contribution < -0.4 is 0 Å². The largest absolute Gasteiger partial charge is 0.454 e. The lowest BCUT2D eigenvalue weighted by molar-refractivity contribution is 0.487. The Labute approximate surface area is 54.7 Å². The summed E-state index contributed by atoms with van der Waals surface area (Å²) in [4.78, 5) is 0. The molecule has 0 aromatic carbocycles. The van der Waals surface area contributed by atoms with Crippen LogP contribution in [0.1, 0.15) is 6.92 Å². The van der Waals surface area contributed by atoms with Gasteiger partial charge in [-0.1, -0.05) is 13.2 Å². The number of hydrogen-bond donors (Lipinski definition) is 0. The van der Waals surface area contributed by atoms with Gasteiger partial charge in [-0.3, -0.25) is 0 Å². The molecule has 1 nitrogen and oxygen atoms in total. The third-order valence-electron chi connectivity index (χ3n) is 0.539. The van der Waals surface area contributed by atoms with Crippen LogP contribution >= 0.6 is 12.2 Å². The third-order valence-corrected chi connectivity index (χ3v) is 0.984. The predicted octanol–water partition coefficient (Wildman–Crippen LogP) is 2.05. The number of thiocarbonyl (C=S) groups is 1. The number of hydrogen-bond acceptors (Lipinski definition) is 2. The van der Waals surface area contributed by atoms with Gasteiger partial charge in [0.15, 0.2) is 5.05 Å². The molecule has 0 aliphatic rings. The summed E-state index contributed by atoms with van der Waals surface area (Å²) in [5, 5.41) is 0.403. The topological polar surface area (TPSA) is 9.23 Å². The first-order valence-electron chi connectivity index (χ1n) is 2.16. The predicted molar refractivity (Wildman–Crippen MR) is 38.7 cm³/mol. The van der Waals surface area contributed by atoms with Gasteiger partial charge < -0.3 is 4.74 Å². The van der Waals surface area contributed by atoms with Crippen molar-refractivity contribution in [2.75, 3.05) is 0 Å². The zero-order valence-corrected chi connectivity index (χ0v) is 5.62. The minimum absolute atomic E-state index is 0.403. The summed E-state index contributed by atoms with van der Waals surface area (Å²) in [6.07, 6.45) is 1.29. The maximum absolute atomic E-state index is 4.70. The van der Waals surface area contributed by atoms with Crippen LogP contribution in [0.5, 0.6) is 0 Å². The van der Waals surface area contributed by atoms with Gasteiger partial charge in [-0.05, 0) is 24.7 Å². The number of ether oxygens (including phenoxy) is 1. The highest BCUT2D eigenvalue weighted by Gasteiger charge is 1.91. The fourth-order valence-electron chi connectivity index (χ4n) is 0.176. The summed E-state index contributed by atoms with van der Waals surface area (Å²) < 4.78 is 4.70. The monoisotopic (exact) mass is 128 g/mol. The fraction of sp³-hybridized carbons (Fsp3) is 0.167. The van der Waals surface area contributed by atoms with Crippen molar-refractivity contribution in [2.45, 2.75) is 6.92 Å². The van der Waals surface area contributed by atoms with Crippen LogP contribution in [0.2, 0.25) is 0 Å². The molecule has 0 aliphatic heterocycles. The molecule has 0 unspecified atom stereocenters. The average Bonchev–Trinajstić information content (AvgIpc) is 1.67. The molecule has 0 aromatic heterocycles. The number of rotatable bonds is 2. The fourth-order valence-corrected chi connectivity index (χ4v) is 0.244. The maximum atomic E-state index is 4.70. The van der Waals surface area contributed by atoms with E-state index in [-0.39, 0.29) is 0 Å². The molecule has 0 aliphatic carbocycles. The SMILES string of the molecule is C=COC(=S)C(=C)C. The molecule has 0 heterocycles. The molecule has 0 fully saturated rings. The van der Waals surface area contributed by atoms with Crippen molar-refractivity contribution in [2.24, 2.45) is 0 Å². The van der Waals surface area contributed by atoms with Gasteiger partial charge in [0.1, 0.15) is 0 Å². The Kier molecular flexibility index (Phi) is 3.12. The van der Waals surface area contributed by atoms with Crippen LogP contribution in [0.25, 0.3) is 0 Å². The lowest BCUT2D eigenvalue weighted by Gasteiger charge is -1.97. The highest BCUT2D eigenvalue weighted by molar-refractivity contribution is 7.80. The van der Waals surface area contributed by atoms with Gasteiger partial charge in [0, 0.05) is 0 Å². The maximum Gasteiger partial charge on any atom is 0.192 e. The summed E-state index contributed by atoms with van der Waals surface area (Å²) in [7, 11) is 0. The van der Waals surface area contributed by atoms with Crippen molar-refractivity contribution < 1.29 is 4.74 Å². The Hall–Kier alpha value is -0.630. The summed E-state index contributed by atoms with van der Waals surface area (Å²) in [5.74, 6) is 0. The van der Waals surface area contributed by atoms with E-state index in [0.717, 1.165) is 5.57 Å². The van der Waals surface area contributed by atoms with Crippen LogP contribution in [0, 0.1) is 0 Å². The summed E-state index contributed by atoms with van der Waals surface area (Å²) >= 11 is 4.68. The minimum Gasteiger partial charge on any atom is -0.454 e. The third kappa shape index (κ3) is 2.53. The first kappa shape index (κ1) is 7.37. The molecule has 0 radical (unpaired) electrons. The molecule has 0 N–H and O–H groups in total. The van der Waals surface area contributed by atoms with Crippen molar-refractivity contribution in [3.05, 3.63) is 25.0 Å². The second kappa shape index (κ2) is 3.38. The zero-order valence-electron chi connectivity index (χ0n) is 4.81. The minimum atomic E-state index is 0.403. The Morgan fingerprint density at radius 1 is 1.75 bits per heavy atom. The van der Waals surface area contributed by atoms with Gasteiger partial charge in [0.25, 0.3) is 0 Å². The van der Waals surface area contributed by atoms with Crippen molar-refractivity contribution in [1.29, 1.82) is 0 Å². The molecule has 0 saturated carbocycles. The van der Waals surface area contributed by atoms with Crippen molar-refractivity contribution in [1.82, 2.24) is 0 Å². The van der Waals surface area contributed by atoms with Crippen molar-refractivity contribution >= 4 is 17.3 Å². The van der Waals surface area contributed by atoms with Crippen LogP contribution in [0.4, 0.5) is 0 Å². The van der Waals surface area contributed by atoms with Crippen LogP contribution in [-0.2, 0) is 4.74 Å². The highest BCUT2D eigenvalue weighted by atomic mass is 32.1. The first-order chi connectivity index (χ1) is 3.68. The quantitative estimate of drug-likeness (QED) is 0.320. The molecule has 0 bridgehead atoms. The lowest BCUT2D eigenvalue weighted by Crippen LogP contribution is -1.94. The lowest BCUT2D eigenvalue weighted by atomic mass is 10.4. The summed E-state index contributed by atoms with van der Waals surface area (Å²) in [6.45, 7) is 8.68. The smallest absolute Gasteiger partial charge is 0.192 e. The first-order valence-corrected chi connectivity index (χ1v) is 2.56. The van der Waals surface area contributed by atoms with E-state index in [1.54, 1.807) is 6.92 Å². The standard InChI is InChI=1S/C6H8OS/c1-4-7-6(8)5(2)3/h4H,1-2H2,3H3. The van der Waals surface area contributed by atoms with Gasteiger partial charge in [-0.15, -0.1) is 0 Å². The molecular weight excluding hydrogens is 120 g/mol. The van der Waals surface area contributed by atoms with Crippen LogP contribution in [0.15, 0.2) is 25.0 Å². The Morgan fingerprint density at radius 3 is 2.38 bits per heavy atom. The van der Waals surface area contributed by atoms with E-state index < -0.39 is 0 Å².